The summed E-state index contributed by atoms with van der Waals surface area (Å²) in [5, 5.41) is 13.2. The van der Waals surface area contributed by atoms with Crippen LogP contribution in [0.3, 0.4) is 0 Å². The van der Waals surface area contributed by atoms with Crippen LogP contribution < -0.4 is 10.6 Å². The van der Waals surface area contributed by atoms with Crippen molar-refractivity contribution in [2.24, 2.45) is 0 Å². The number of aromatic nitrogens is 4. The zero-order chi connectivity index (χ0) is 20.9. The number of nitrogens with zero attached hydrogens (tertiary/aromatic N) is 3. The maximum atomic E-state index is 13.9. The van der Waals surface area contributed by atoms with E-state index in [1.807, 2.05) is 0 Å². The van der Waals surface area contributed by atoms with E-state index in [0.717, 1.165) is 31.1 Å². The molecule has 0 bridgehead atoms. The number of aromatic amines is 1. The molecule has 0 aliphatic carbocycles. The van der Waals surface area contributed by atoms with Gasteiger partial charge in [-0.2, -0.15) is 18.3 Å². The number of hydrogen-bond acceptors (Lipinski definition) is 4. The minimum atomic E-state index is -4.58. The first-order valence-corrected chi connectivity index (χ1v) is 9.92. The van der Waals surface area contributed by atoms with Gasteiger partial charge < -0.3 is 10.6 Å². The molecule has 2 aliphatic rings. The van der Waals surface area contributed by atoms with Crippen molar-refractivity contribution < 1.29 is 13.2 Å². The minimum absolute atomic E-state index is 0.167. The molecule has 156 valence electrons. The van der Waals surface area contributed by atoms with Gasteiger partial charge in [0.25, 0.3) is 0 Å². The van der Waals surface area contributed by atoms with E-state index in [-0.39, 0.29) is 16.8 Å². The van der Waals surface area contributed by atoms with Gasteiger partial charge in [0, 0.05) is 36.6 Å². The van der Waals surface area contributed by atoms with E-state index in [4.69, 9.17) is 11.6 Å². The molecule has 0 fully saturated rings. The Bertz CT molecular complexity index is 1160. The number of halogens is 4. The summed E-state index contributed by atoms with van der Waals surface area (Å²) in [4.78, 5) is 4.37. The Balaban J connectivity index is 1.67. The van der Waals surface area contributed by atoms with Gasteiger partial charge in [0.15, 0.2) is 5.65 Å². The fraction of sp³-hybridized carbons (Fsp3) is 0.300. The molecule has 5 rings (SSSR count). The summed E-state index contributed by atoms with van der Waals surface area (Å²) in [6.07, 6.45) is 5.02. The summed E-state index contributed by atoms with van der Waals surface area (Å²) in [5.74, 6) is 0. The monoisotopic (exact) mass is 434 g/mol. The van der Waals surface area contributed by atoms with E-state index in [9.17, 15) is 13.2 Å². The van der Waals surface area contributed by atoms with Gasteiger partial charge >= 0.3 is 6.18 Å². The van der Waals surface area contributed by atoms with Crippen molar-refractivity contribution in [3.63, 3.8) is 0 Å². The molecule has 0 amide bonds. The normalized spacial score (nSPS) is 19.9. The van der Waals surface area contributed by atoms with Crippen molar-refractivity contribution in [3.8, 4) is 11.1 Å². The zero-order valence-electron chi connectivity index (χ0n) is 15.7. The third-order valence-corrected chi connectivity index (χ3v) is 5.86. The maximum Gasteiger partial charge on any atom is 0.420 e. The molecule has 1 unspecified atom stereocenters. The molecule has 0 spiro atoms. The molecule has 0 radical (unpaired) electrons. The van der Waals surface area contributed by atoms with E-state index < -0.39 is 11.7 Å². The summed E-state index contributed by atoms with van der Waals surface area (Å²) in [5.41, 5.74) is 2.45. The molecule has 3 N–H and O–H groups in total. The number of pyridine rings is 1. The van der Waals surface area contributed by atoms with E-state index in [2.05, 4.69) is 38.0 Å². The van der Waals surface area contributed by atoms with Crippen molar-refractivity contribution >= 4 is 17.2 Å². The van der Waals surface area contributed by atoms with E-state index >= 15 is 0 Å². The summed E-state index contributed by atoms with van der Waals surface area (Å²) < 4.78 is 42.9. The quantitative estimate of drug-likeness (QED) is 0.585. The average molecular weight is 435 g/mol. The Morgan fingerprint density at radius 3 is 2.73 bits per heavy atom. The SMILES string of the molecule is FC(F)(F)c1cc(-c2cn[nH]c2)cn2c(Cl)c(C3NCC=C3C3=CCNCC3)nc12. The van der Waals surface area contributed by atoms with Crippen LogP contribution >= 0.6 is 11.6 Å². The first kappa shape index (κ1) is 19.3. The van der Waals surface area contributed by atoms with Gasteiger partial charge in [0.1, 0.15) is 10.8 Å². The summed E-state index contributed by atoms with van der Waals surface area (Å²) in [6, 6.07) is 0.738. The molecule has 10 heteroatoms. The van der Waals surface area contributed by atoms with E-state index in [1.165, 1.54) is 22.4 Å². The Morgan fingerprint density at radius 2 is 2.03 bits per heavy atom. The molecule has 3 aromatic heterocycles. The van der Waals surface area contributed by atoms with Crippen LogP contribution in [0.2, 0.25) is 5.15 Å². The largest absolute Gasteiger partial charge is 0.420 e. The van der Waals surface area contributed by atoms with E-state index in [1.54, 1.807) is 6.20 Å². The molecule has 2 aliphatic heterocycles. The molecule has 0 aromatic carbocycles. The fourth-order valence-corrected chi connectivity index (χ4v) is 4.33. The molecule has 5 heterocycles. The Hall–Kier alpha value is -2.62. The van der Waals surface area contributed by atoms with Gasteiger partial charge in [0.2, 0.25) is 0 Å². The van der Waals surface area contributed by atoms with Gasteiger partial charge in [0.05, 0.1) is 17.8 Å². The number of rotatable bonds is 3. The first-order chi connectivity index (χ1) is 14.4. The predicted molar refractivity (Wildman–Crippen MR) is 107 cm³/mol. The second-order valence-electron chi connectivity index (χ2n) is 7.29. The molecule has 3 aromatic rings. The molecular weight excluding hydrogens is 417 g/mol. The molecule has 6 nitrogen and oxygen atoms in total. The topological polar surface area (TPSA) is 70.0 Å². The smallest absolute Gasteiger partial charge is 0.313 e. The second-order valence-corrected chi connectivity index (χ2v) is 7.65. The molecule has 1 atom stereocenters. The van der Waals surface area contributed by atoms with Crippen LogP contribution in [0, 0.1) is 0 Å². The fourth-order valence-electron chi connectivity index (χ4n) is 4.05. The van der Waals surface area contributed by atoms with Crippen LogP contribution in [0.25, 0.3) is 16.8 Å². The molecular formula is C20H18ClF3N6. The lowest BCUT2D eigenvalue weighted by molar-refractivity contribution is -0.136. The number of imidazole rings is 1. The number of H-pyrrole nitrogens is 1. The van der Waals surface area contributed by atoms with Crippen molar-refractivity contribution in [2.45, 2.75) is 18.6 Å². The zero-order valence-corrected chi connectivity index (χ0v) is 16.5. The van der Waals surface area contributed by atoms with Gasteiger partial charge in [-0.15, -0.1) is 0 Å². The second kappa shape index (κ2) is 7.26. The highest BCUT2D eigenvalue weighted by Crippen LogP contribution is 2.40. The highest BCUT2D eigenvalue weighted by Gasteiger charge is 2.37. The Labute approximate surface area is 174 Å². The van der Waals surface area contributed by atoms with Crippen LogP contribution in [-0.4, -0.2) is 39.2 Å². The van der Waals surface area contributed by atoms with Crippen molar-refractivity contribution in [1.82, 2.24) is 30.2 Å². The van der Waals surface area contributed by atoms with Gasteiger partial charge in [-0.05, 0) is 30.2 Å². The number of alkyl halides is 3. The van der Waals surface area contributed by atoms with Gasteiger partial charge in [-0.3, -0.25) is 9.50 Å². The predicted octanol–water partition coefficient (Wildman–Crippen LogP) is 3.89. The van der Waals surface area contributed by atoms with Crippen LogP contribution in [0.5, 0.6) is 0 Å². The van der Waals surface area contributed by atoms with Crippen LogP contribution in [0.4, 0.5) is 13.2 Å². The maximum absolute atomic E-state index is 13.9. The van der Waals surface area contributed by atoms with Crippen molar-refractivity contribution in [3.05, 3.63) is 64.4 Å². The lowest BCUT2D eigenvalue weighted by Crippen LogP contribution is -2.24. The summed E-state index contributed by atoms with van der Waals surface area (Å²) in [6.45, 7) is 2.24. The number of nitrogens with one attached hydrogen (secondary N) is 3. The summed E-state index contributed by atoms with van der Waals surface area (Å²) >= 11 is 6.61. The Morgan fingerprint density at radius 1 is 1.17 bits per heavy atom. The van der Waals surface area contributed by atoms with Crippen molar-refractivity contribution in [2.75, 3.05) is 19.6 Å². The Kier molecular flexibility index (Phi) is 4.68. The van der Waals surface area contributed by atoms with Crippen LogP contribution in [0.1, 0.15) is 23.7 Å². The third-order valence-electron chi connectivity index (χ3n) is 5.49. The van der Waals surface area contributed by atoms with Crippen LogP contribution in [-0.2, 0) is 6.18 Å². The highest BCUT2D eigenvalue weighted by molar-refractivity contribution is 6.30. The third kappa shape index (κ3) is 3.23. The van der Waals surface area contributed by atoms with E-state index in [0.29, 0.717) is 23.4 Å². The molecule has 0 saturated heterocycles. The standard InChI is InChI=1S/C20H18ClF3N6/c21-18-17(16-14(3-6-26-16)11-1-4-25-5-2-11)29-19-15(20(22,23)24)7-12(10-30(18)19)13-8-27-28-9-13/h1,3,7-10,16,25-26H,2,4-6H2,(H,27,28). The molecule has 30 heavy (non-hydrogen) atoms. The minimum Gasteiger partial charge on any atom is -0.313 e. The lowest BCUT2D eigenvalue weighted by atomic mass is 9.94. The summed E-state index contributed by atoms with van der Waals surface area (Å²) in [7, 11) is 0. The van der Waals surface area contributed by atoms with Crippen molar-refractivity contribution in [1.29, 1.82) is 0 Å². The number of fused-ring (bicyclic) bond motifs is 1. The lowest BCUT2D eigenvalue weighted by Gasteiger charge is -2.20. The number of hydrogen-bond donors (Lipinski definition) is 3. The van der Waals surface area contributed by atoms with Gasteiger partial charge in [-0.25, -0.2) is 4.98 Å². The van der Waals surface area contributed by atoms with Crippen LogP contribution in [0.15, 0.2) is 48.0 Å². The van der Waals surface area contributed by atoms with Gasteiger partial charge in [-0.1, -0.05) is 23.8 Å². The first-order valence-electron chi connectivity index (χ1n) is 9.55. The highest BCUT2D eigenvalue weighted by atomic mass is 35.5. The average Bonchev–Trinajstić information content (AvgIpc) is 3.48. The molecule has 0 saturated carbocycles.